The first kappa shape index (κ1) is 16.5. The second-order valence-corrected chi connectivity index (χ2v) is 7.53. The van der Waals surface area contributed by atoms with Crippen molar-refractivity contribution in [3.8, 4) is 0 Å². The van der Waals surface area contributed by atoms with E-state index in [1.165, 1.54) is 11.1 Å². The number of aromatic amines is 1. The zero-order chi connectivity index (χ0) is 17.6. The Morgan fingerprint density at radius 2 is 2.08 bits per heavy atom. The van der Waals surface area contributed by atoms with Gasteiger partial charge in [-0.3, -0.25) is 9.69 Å². The zero-order valence-electron chi connectivity index (χ0n) is 15.0. The lowest BCUT2D eigenvalue weighted by molar-refractivity contribution is -0.133. The number of aliphatic hydroxyl groups is 1. The van der Waals surface area contributed by atoms with Gasteiger partial charge in [-0.2, -0.15) is 0 Å². The lowest BCUT2D eigenvalue weighted by Crippen LogP contribution is -2.38. The third-order valence-electron chi connectivity index (χ3n) is 5.43. The Balaban J connectivity index is 1.47. The number of nitrogens with one attached hydrogen (secondary N) is 1. The molecule has 25 heavy (non-hydrogen) atoms. The van der Waals surface area contributed by atoms with Gasteiger partial charge in [0.25, 0.3) is 0 Å². The standard InChI is InChI=1S/C19H26N4O2/c1-12-3-6-16-18(13(12)2)21-17(20-16)11-22-7-8-23(10-15(24)9-22)19(25)14-4-5-14/h3,6,14-15,24H,4-5,7-11H2,1-2H3,(H,20,21). The van der Waals surface area contributed by atoms with Crippen LogP contribution >= 0.6 is 0 Å². The third-order valence-corrected chi connectivity index (χ3v) is 5.43. The molecule has 0 spiro atoms. The van der Waals surface area contributed by atoms with Crippen LogP contribution in [0.15, 0.2) is 12.1 Å². The third kappa shape index (κ3) is 3.41. The van der Waals surface area contributed by atoms with Crippen molar-refractivity contribution in [2.24, 2.45) is 5.92 Å². The van der Waals surface area contributed by atoms with Gasteiger partial charge in [0, 0.05) is 32.1 Å². The number of aliphatic hydroxyl groups excluding tert-OH is 1. The Kier molecular flexibility index (Phi) is 4.25. The monoisotopic (exact) mass is 342 g/mol. The summed E-state index contributed by atoms with van der Waals surface area (Å²) in [5, 5.41) is 10.3. The second kappa shape index (κ2) is 6.42. The number of nitrogens with zero attached hydrogens (tertiary/aromatic N) is 3. The van der Waals surface area contributed by atoms with E-state index in [-0.39, 0.29) is 11.8 Å². The first-order valence-corrected chi connectivity index (χ1v) is 9.15. The lowest BCUT2D eigenvalue weighted by atomic mass is 10.1. The smallest absolute Gasteiger partial charge is 0.225 e. The number of carbonyl (C=O) groups excluding carboxylic acids is 1. The summed E-state index contributed by atoms with van der Waals surface area (Å²) in [5.74, 6) is 1.34. The van der Waals surface area contributed by atoms with Crippen molar-refractivity contribution in [3.63, 3.8) is 0 Å². The van der Waals surface area contributed by atoms with E-state index in [4.69, 9.17) is 4.98 Å². The maximum atomic E-state index is 12.3. The fourth-order valence-electron chi connectivity index (χ4n) is 3.64. The number of H-pyrrole nitrogens is 1. The Hall–Kier alpha value is -1.92. The number of rotatable bonds is 3. The molecule has 1 amide bonds. The molecule has 0 bridgehead atoms. The van der Waals surface area contributed by atoms with Gasteiger partial charge in [0.2, 0.25) is 5.91 Å². The van der Waals surface area contributed by atoms with Gasteiger partial charge in [-0.05, 0) is 43.9 Å². The SMILES string of the molecule is Cc1ccc2[nH]c(CN3CCN(C(=O)C4CC4)CC(O)C3)nc2c1C. The number of fused-ring (bicyclic) bond motifs is 1. The van der Waals surface area contributed by atoms with Crippen LogP contribution in [0.25, 0.3) is 11.0 Å². The molecular formula is C19H26N4O2. The summed E-state index contributed by atoms with van der Waals surface area (Å²) in [6.07, 6.45) is 1.51. The molecule has 2 aromatic rings. The van der Waals surface area contributed by atoms with Crippen LogP contribution in [0.2, 0.25) is 0 Å². The van der Waals surface area contributed by atoms with E-state index in [2.05, 4.69) is 35.9 Å². The maximum Gasteiger partial charge on any atom is 0.225 e. The average molecular weight is 342 g/mol. The number of imidazole rings is 1. The first-order valence-electron chi connectivity index (χ1n) is 9.15. The van der Waals surface area contributed by atoms with Crippen LogP contribution in [0.5, 0.6) is 0 Å². The van der Waals surface area contributed by atoms with E-state index < -0.39 is 6.10 Å². The van der Waals surface area contributed by atoms with Crippen molar-refractivity contribution in [3.05, 3.63) is 29.1 Å². The predicted molar refractivity (Wildman–Crippen MR) is 96.2 cm³/mol. The lowest BCUT2D eigenvalue weighted by Gasteiger charge is -2.21. The molecule has 2 heterocycles. The number of benzene rings is 1. The zero-order valence-corrected chi connectivity index (χ0v) is 15.0. The summed E-state index contributed by atoms with van der Waals surface area (Å²) in [6, 6.07) is 4.18. The summed E-state index contributed by atoms with van der Waals surface area (Å²) in [6.45, 7) is 7.33. The van der Waals surface area contributed by atoms with Gasteiger partial charge in [0.05, 0.1) is 23.7 Å². The number of amides is 1. The van der Waals surface area contributed by atoms with E-state index in [0.717, 1.165) is 36.2 Å². The Labute approximate surface area is 147 Å². The van der Waals surface area contributed by atoms with Gasteiger partial charge >= 0.3 is 0 Å². The molecule has 6 heteroatoms. The van der Waals surface area contributed by atoms with E-state index in [9.17, 15) is 9.90 Å². The highest BCUT2D eigenvalue weighted by Gasteiger charge is 2.35. The normalized spacial score (nSPS) is 22.4. The summed E-state index contributed by atoms with van der Waals surface area (Å²) in [7, 11) is 0. The second-order valence-electron chi connectivity index (χ2n) is 7.53. The molecule has 2 N–H and O–H groups in total. The highest BCUT2D eigenvalue weighted by atomic mass is 16.3. The minimum Gasteiger partial charge on any atom is -0.390 e. The van der Waals surface area contributed by atoms with Crippen molar-refractivity contribution >= 4 is 16.9 Å². The fraction of sp³-hybridized carbons (Fsp3) is 0.579. The van der Waals surface area contributed by atoms with Crippen molar-refractivity contribution < 1.29 is 9.90 Å². The van der Waals surface area contributed by atoms with Crippen LogP contribution in [-0.2, 0) is 11.3 Å². The molecule has 2 fully saturated rings. The molecule has 2 aliphatic rings. The van der Waals surface area contributed by atoms with Crippen LogP contribution in [0, 0.1) is 19.8 Å². The van der Waals surface area contributed by atoms with E-state index >= 15 is 0 Å². The summed E-state index contributed by atoms with van der Waals surface area (Å²) >= 11 is 0. The van der Waals surface area contributed by atoms with Crippen molar-refractivity contribution in [1.82, 2.24) is 19.8 Å². The highest BCUT2D eigenvalue weighted by Crippen LogP contribution is 2.31. The molecule has 1 aliphatic carbocycles. The van der Waals surface area contributed by atoms with Crippen LogP contribution in [0.1, 0.15) is 29.8 Å². The summed E-state index contributed by atoms with van der Waals surface area (Å²) in [4.78, 5) is 24.5. The number of aromatic nitrogens is 2. The molecule has 1 aromatic heterocycles. The topological polar surface area (TPSA) is 72.5 Å². The minimum absolute atomic E-state index is 0.209. The average Bonchev–Trinajstić information content (AvgIpc) is 3.36. The van der Waals surface area contributed by atoms with Crippen molar-refractivity contribution in [2.45, 2.75) is 39.3 Å². The molecule has 134 valence electrons. The Morgan fingerprint density at radius 3 is 2.84 bits per heavy atom. The number of aryl methyl sites for hydroxylation is 2. The van der Waals surface area contributed by atoms with E-state index in [0.29, 0.717) is 26.2 Å². The van der Waals surface area contributed by atoms with Gasteiger partial charge in [-0.15, -0.1) is 0 Å². The summed E-state index contributed by atoms with van der Waals surface area (Å²) < 4.78 is 0. The molecule has 1 aromatic carbocycles. The van der Waals surface area contributed by atoms with Crippen LogP contribution in [-0.4, -0.2) is 63.1 Å². The van der Waals surface area contributed by atoms with Gasteiger partial charge in [0.15, 0.2) is 0 Å². The molecule has 1 aliphatic heterocycles. The van der Waals surface area contributed by atoms with Gasteiger partial charge in [-0.25, -0.2) is 4.98 Å². The molecular weight excluding hydrogens is 316 g/mol. The van der Waals surface area contributed by atoms with Gasteiger partial charge < -0.3 is 15.0 Å². The minimum atomic E-state index is -0.501. The largest absolute Gasteiger partial charge is 0.390 e. The molecule has 4 rings (SSSR count). The predicted octanol–water partition coefficient (Wildman–Crippen LogP) is 1.59. The Morgan fingerprint density at radius 1 is 1.28 bits per heavy atom. The molecule has 1 saturated carbocycles. The van der Waals surface area contributed by atoms with Crippen molar-refractivity contribution in [2.75, 3.05) is 26.2 Å². The number of hydrogen-bond acceptors (Lipinski definition) is 4. The quantitative estimate of drug-likeness (QED) is 0.889. The summed E-state index contributed by atoms with van der Waals surface area (Å²) in [5.41, 5.74) is 4.52. The number of β-amino-alcohol motifs (C(OH)–C–C–N with tert-alkyl or cyclic N) is 1. The first-order chi connectivity index (χ1) is 12.0. The van der Waals surface area contributed by atoms with Crippen LogP contribution in [0.4, 0.5) is 0 Å². The van der Waals surface area contributed by atoms with Gasteiger partial charge in [0.1, 0.15) is 5.82 Å². The van der Waals surface area contributed by atoms with Crippen LogP contribution < -0.4 is 0 Å². The van der Waals surface area contributed by atoms with Crippen molar-refractivity contribution in [1.29, 1.82) is 0 Å². The maximum absolute atomic E-state index is 12.3. The molecule has 1 saturated heterocycles. The van der Waals surface area contributed by atoms with Gasteiger partial charge in [-0.1, -0.05) is 6.07 Å². The fourth-order valence-corrected chi connectivity index (χ4v) is 3.64. The molecule has 1 atom stereocenters. The van der Waals surface area contributed by atoms with E-state index in [1.54, 1.807) is 0 Å². The Bertz CT molecular complexity index is 796. The van der Waals surface area contributed by atoms with E-state index in [1.807, 2.05) is 4.90 Å². The molecule has 0 radical (unpaired) electrons. The van der Waals surface area contributed by atoms with Crippen LogP contribution in [0.3, 0.4) is 0 Å². The molecule has 1 unspecified atom stereocenters. The molecule has 6 nitrogen and oxygen atoms in total. The number of hydrogen-bond donors (Lipinski definition) is 2. The highest BCUT2D eigenvalue weighted by molar-refractivity contribution is 5.81. The number of carbonyl (C=O) groups is 1.